The van der Waals surface area contributed by atoms with Crippen LogP contribution in [0.4, 0.5) is 0 Å². The molecule has 18 heavy (non-hydrogen) atoms. The Morgan fingerprint density at radius 3 is 2.72 bits per heavy atom. The first-order chi connectivity index (χ1) is 8.70. The maximum absolute atomic E-state index is 3.62. The Kier molecular flexibility index (Phi) is 4.79. The average Bonchev–Trinajstić information content (AvgIpc) is 2.39. The number of nitrogens with zero attached hydrogens (tertiary/aromatic N) is 1. The highest BCUT2D eigenvalue weighted by Gasteiger charge is 2.23. The van der Waals surface area contributed by atoms with Crippen LogP contribution in [0.3, 0.4) is 0 Å². The summed E-state index contributed by atoms with van der Waals surface area (Å²) in [4.78, 5) is 2.61. The molecule has 1 heterocycles. The van der Waals surface area contributed by atoms with Crippen LogP contribution in [0.15, 0.2) is 24.3 Å². The highest BCUT2D eigenvalue weighted by Crippen LogP contribution is 2.22. The highest BCUT2D eigenvalue weighted by molar-refractivity contribution is 5.23. The number of hydrogen-bond acceptors (Lipinski definition) is 2. The minimum atomic E-state index is 0.534. The SMILES string of the molecule is CCCC1CN(C(C)c2ccc(C)cc2)CCN1. The van der Waals surface area contributed by atoms with Crippen molar-refractivity contribution in [3.63, 3.8) is 0 Å². The van der Waals surface area contributed by atoms with Gasteiger partial charge in [-0.1, -0.05) is 43.2 Å². The molecule has 0 amide bonds. The highest BCUT2D eigenvalue weighted by atomic mass is 15.2. The summed E-state index contributed by atoms with van der Waals surface area (Å²) < 4.78 is 0. The molecule has 1 aliphatic rings. The lowest BCUT2D eigenvalue weighted by Crippen LogP contribution is -2.51. The summed E-state index contributed by atoms with van der Waals surface area (Å²) in [6, 6.07) is 10.2. The second-order valence-electron chi connectivity index (χ2n) is 5.52. The summed E-state index contributed by atoms with van der Waals surface area (Å²) in [7, 11) is 0. The summed E-state index contributed by atoms with van der Waals surface area (Å²) in [5.74, 6) is 0. The van der Waals surface area contributed by atoms with E-state index in [2.05, 4.69) is 55.3 Å². The Labute approximate surface area is 111 Å². The standard InChI is InChI=1S/C16H26N2/c1-4-5-16-12-18(11-10-17-16)14(3)15-8-6-13(2)7-9-15/h6-9,14,16-17H,4-5,10-12H2,1-3H3. The van der Waals surface area contributed by atoms with Gasteiger partial charge in [0.05, 0.1) is 0 Å². The third kappa shape index (κ3) is 3.33. The van der Waals surface area contributed by atoms with E-state index in [9.17, 15) is 0 Å². The van der Waals surface area contributed by atoms with Crippen LogP contribution in [0, 0.1) is 6.92 Å². The zero-order chi connectivity index (χ0) is 13.0. The van der Waals surface area contributed by atoms with Crippen LogP contribution in [0.2, 0.25) is 0 Å². The maximum Gasteiger partial charge on any atom is 0.0321 e. The van der Waals surface area contributed by atoms with Crippen molar-refractivity contribution in [1.29, 1.82) is 0 Å². The first kappa shape index (κ1) is 13.6. The number of hydrogen-bond donors (Lipinski definition) is 1. The zero-order valence-electron chi connectivity index (χ0n) is 11.9. The Balaban J connectivity index is 1.99. The number of benzene rings is 1. The maximum atomic E-state index is 3.62. The topological polar surface area (TPSA) is 15.3 Å². The molecule has 100 valence electrons. The van der Waals surface area contributed by atoms with Crippen molar-refractivity contribution < 1.29 is 0 Å². The lowest BCUT2D eigenvalue weighted by atomic mass is 10.0. The van der Waals surface area contributed by atoms with E-state index in [1.54, 1.807) is 0 Å². The van der Waals surface area contributed by atoms with E-state index >= 15 is 0 Å². The molecule has 1 aliphatic heterocycles. The number of piperazine rings is 1. The summed E-state index contributed by atoms with van der Waals surface area (Å²) >= 11 is 0. The summed E-state index contributed by atoms with van der Waals surface area (Å²) in [6.07, 6.45) is 2.56. The molecule has 0 radical (unpaired) electrons. The Morgan fingerprint density at radius 1 is 1.33 bits per heavy atom. The molecule has 2 unspecified atom stereocenters. The molecule has 0 aromatic heterocycles. The van der Waals surface area contributed by atoms with Crippen molar-refractivity contribution in [2.45, 2.75) is 45.7 Å². The molecule has 2 nitrogen and oxygen atoms in total. The molecule has 0 spiro atoms. The first-order valence-corrected chi connectivity index (χ1v) is 7.24. The van der Waals surface area contributed by atoms with Gasteiger partial charge in [0.25, 0.3) is 0 Å². The van der Waals surface area contributed by atoms with Gasteiger partial charge in [-0.05, 0) is 25.8 Å². The van der Waals surface area contributed by atoms with E-state index in [1.165, 1.54) is 30.5 Å². The van der Waals surface area contributed by atoms with Crippen molar-refractivity contribution in [1.82, 2.24) is 10.2 Å². The van der Waals surface area contributed by atoms with E-state index in [0.717, 1.165) is 13.1 Å². The number of rotatable bonds is 4. The molecular formula is C16H26N2. The smallest absolute Gasteiger partial charge is 0.0321 e. The van der Waals surface area contributed by atoms with Crippen molar-refractivity contribution in [2.75, 3.05) is 19.6 Å². The quantitative estimate of drug-likeness (QED) is 0.878. The fraction of sp³-hybridized carbons (Fsp3) is 0.625. The van der Waals surface area contributed by atoms with Gasteiger partial charge < -0.3 is 5.32 Å². The van der Waals surface area contributed by atoms with Gasteiger partial charge in [0, 0.05) is 31.7 Å². The second kappa shape index (κ2) is 6.35. The van der Waals surface area contributed by atoms with Crippen molar-refractivity contribution in [3.05, 3.63) is 35.4 Å². The Hall–Kier alpha value is -0.860. The molecule has 0 aliphatic carbocycles. The summed E-state index contributed by atoms with van der Waals surface area (Å²) in [6.45, 7) is 10.2. The van der Waals surface area contributed by atoms with Crippen LogP contribution in [0.5, 0.6) is 0 Å². The Bertz CT molecular complexity index is 356. The molecular weight excluding hydrogens is 220 g/mol. The molecule has 1 saturated heterocycles. The minimum absolute atomic E-state index is 0.534. The van der Waals surface area contributed by atoms with Crippen LogP contribution in [-0.2, 0) is 0 Å². The van der Waals surface area contributed by atoms with Gasteiger partial charge in [-0.15, -0.1) is 0 Å². The van der Waals surface area contributed by atoms with E-state index < -0.39 is 0 Å². The summed E-state index contributed by atoms with van der Waals surface area (Å²) in [5, 5.41) is 3.62. The molecule has 1 N–H and O–H groups in total. The van der Waals surface area contributed by atoms with Gasteiger partial charge >= 0.3 is 0 Å². The Morgan fingerprint density at radius 2 is 2.06 bits per heavy atom. The van der Waals surface area contributed by atoms with Gasteiger partial charge in [0.2, 0.25) is 0 Å². The normalized spacial score (nSPS) is 22.9. The second-order valence-corrected chi connectivity index (χ2v) is 5.52. The third-order valence-electron chi connectivity index (χ3n) is 4.03. The van der Waals surface area contributed by atoms with Gasteiger partial charge in [-0.2, -0.15) is 0 Å². The molecule has 2 heteroatoms. The lowest BCUT2D eigenvalue weighted by Gasteiger charge is -2.37. The van der Waals surface area contributed by atoms with Crippen LogP contribution in [0.1, 0.15) is 43.9 Å². The summed E-state index contributed by atoms with van der Waals surface area (Å²) in [5.41, 5.74) is 2.79. The van der Waals surface area contributed by atoms with E-state index in [0.29, 0.717) is 12.1 Å². The minimum Gasteiger partial charge on any atom is -0.311 e. The average molecular weight is 246 g/mol. The van der Waals surface area contributed by atoms with Crippen molar-refractivity contribution >= 4 is 0 Å². The molecule has 0 saturated carbocycles. The zero-order valence-corrected chi connectivity index (χ0v) is 11.9. The van der Waals surface area contributed by atoms with Crippen LogP contribution in [-0.4, -0.2) is 30.6 Å². The predicted octanol–water partition coefficient (Wildman–Crippen LogP) is 3.13. The van der Waals surface area contributed by atoms with Gasteiger partial charge in [0.1, 0.15) is 0 Å². The molecule has 2 rings (SSSR count). The van der Waals surface area contributed by atoms with Crippen molar-refractivity contribution in [2.24, 2.45) is 0 Å². The number of nitrogens with one attached hydrogen (secondary N) is 1. The van der Waals surface area contributed by atoms with Crippen LogP contribution < -0.4 is 5.32 Å². The van der Waals surface area contributed by atoms with Crippen LogP contribution in [0.25, 0.3) is 0 Å². The largest absolute Gasteiger partial charge is 0.311 e. The van der Waals surface area contributed by atoms with Gasteiger partial charge in [-0.3, -0.25) is 4.90 Å². The van der Waals surface area contributed by atoms with Crippen LogP contribution >= 0.6 is 0 Å². The molecule has 1 aromatic rings. The predicted molar refractivity (Wildman–Crippen MR) is 77.9 cm³/mol. The number of aryl methyl sites for hydroxylation is 1. The van der Waals surface area contributed by atoms with E-state index in [1.807, 2.05) is 0 Å². The van der Waals surface area contributed by atoms with Crippen molar-refractivity contribution in [3.8, 4) is 0 Å². The van der Waals surface area contributed by atoms with Gasteiger partial charge in [0.15, 0.2) is 0 Å². The molecule has 0 bridgehead atoms. The van der Waals surface area contributed by atoms with E-state index in [-0.39, 0.29) is 0 Å². The van der Waals surface area contributed by atoms with E-state index in [4.69, 9.17) is 0 Å². The molecule has 2 atom stereocenters. The lowest BCUT2D eigenvalue weighted by molar-refractivity contribution is 0.149. The molecule has 1 fully saturated rings. The monoisotopic (exact) mass is 246 g/mol. The fourth-order valence-corrected chi connectivity index (χ4v) is 2.80. The third-order valence-corrected chi connectivity index (χ3v) is 4.03. The molecule has 1 aromatic carbocycles. The fourth-order valence-electron chi connectivity index (χ4n) is 2.80. The van der Waals surface area contributed by atoms with Gasteiger partial charge in [-0.25, -0.2) is 0 Å². The first-order valence-electron chi connectivity index (χ1n) is 7.24.